The molecule has 0 bridgehead atoms. The van der Waals surface area contributed by atoms with Crippen LogP contribution in [0.15, 0.2) is 59.5 Å². The number of hydrogen-bond acceptors (Lipinski definition) is 5. The topological polar surface area (TPSA) is 101 Å². The number of rotatable bonds is 7. The molecular formula is C21H14Cl2F3N3O4S. The molecule has 0 unspecified atom stereocenters. The van der Waals surface area contributed by atoms with Crippen molar-refractivity contribution in [3.8, 4) is 17.3 Å². The predicted molar refractivity (Wildman–Crippen MR) is 117 cm³/mol. The molecule has 0 fully saturated rings. The van der Waals surface area contributed by atoms with E-state index in [0.717, 1.165) is 0 Å². The Morgan fingerprint density at radius 2 is 1.71 bits per heavy atom. The Morgan fingerprint density at radius 1 is 1.09 bits per heavy atom. The first-order chi connectivity index (χ1) is 16.0. The Kier molecular flexibility index (Phi) is 7.57. The lowest BCUT2D eigenvalue weighted by atomic mass is 10.1. The highest BCUT2D eigenvalue weighted by Crippen LogP contribution is 2.43. The second kappa shape index (κ2) is 10.1. The number of carbonyl (C=O) groups excluding carboxylic acids is 1. The largest absolute Gasteiger partial charge is 0.443 e. The Hall–Kier alpha value is -3.04. The molecule has 0 aliphatic carbocycles. The average molecular weight is 532 g/mol. The summed E-state index contributed by atoms with van der Waals surface area (Å²) in [6, 6.07) is 14.4. The number of nitriles is 1. The first-order valence-corrected chi connectivity index (χ1v) is 11.5. The minimum atomic E-state index is -4.99. The lowest BCUT2D eigenvalue weighted by molar-refractivity contribution is -0.153. The van der Waals surface area contributed by atoms with Crippen LogP contribution in [0.1, 0.15) is 11.3 Å². The Labute approximate surface area is 202 Å². The van der Waals surface area contributed by atoms with Gasteiger partial charge < -0.3 is 9.30 Å². The molecule has 2 aromatic carbocycles. The second-order valence-corrected chi connectivity index (χ2v) is 9.30. The van der Waals surface area contributed by atoms with E-state index in [0.29, 0.717) is 9.59 Å². The zero-order valence-corrected chi connectivity index (χ0v) is 19.3. The zero-order chi connectivity index (χ0) is 25.1. The lowest BCUT2D eigenvalue weighted by Crippen LogP contribution is -2.31. The van der Waals surface area contributed by atoms with Crippen LogP contribution in [0.2, 0.25) is 10.0 Å². The molecule has 0 aliphatic heterocycles. The van der Waals surface area contributed by atoms with Crippen LogP contribution in [-0.4, -0.2) is 25.5 Å². The average Bonchev–Trinajstić information content (AvgIpc) is 3.09. The van der Waals surface area contributed by atoms with Crippen LogP contribution in [0.4, 0.5) is 13.2 Å². The number of aromatic nitrogens is 1. The van der Waals surface area contributed by atoms with Gasteiger partial charge in [-0.1, -0.05) is 53.5 Å². The molecule has 7 nitrogen and oxygen atoms in total. The van der Waals surface area contributed by atoms with Crippen molar-refractivity contribution >= 4 is 39.2 Å². The Bertz CT molecular complexity index is 1350. The predicted octanol–water partition coefficient (Wildman–Crippen LogP) is 4.83. The summed E-state index contributed by atoms with van der Waals surface area (Å²) in [6.45, 7) is -1.82. The standard InChI is InChI=1S/C21H14Cl2F3N3O4S/c22-14-8-6-13(7-9-14)19-16(10-27)18(23)20(21(24,25)26)29(19)12-33-17(30)11-28-34(31,32)15-4-2-1-3-5-15/h1-9,28H,11-12H2. The molecule has 1 heterocycles. The molecule has 0 saturated heterocycles. The fraction of sp³-hybridized carbons (Fsp3) is 0.143. The smallest absolute Gasteiger partial charge is 0.433 e. The number of halogens is 5. The summed E-state index contributed by atoms with van der Waals surface area (Å²) in [6.07, 6.45) is -4.99. The fourth-order valence-corrected chi connectivity index (χ4v) is 4.49. The van der Waals surface area contributed by atoms with Gasteiger partial charge in [-0.2, -0.15) is 23.2 Å². The van der Waals surface area contributed by atoms with E-state index in [-0.39, 0.29) is 16.2 Å². The highest BCUT2D eigenvalue weighted by molar-refractivity contribution is 7.89. The van der Waals surface area contributed by atoms with Crippen LogP contribution < -0.4 is 4.72 Å². The zero-order valence-electron chi connectivity index (χ0n) is 16.9. The second-order valence-electron chi connectivity index (χ2n) is 6.71. The van der Waals surface area contributed by atoms with E-state index in [9.17, 15) is 31.6 Å². The van der Waals surface area contributed by atoms with Crippen molar-refractivity contribution in [1.29, 1.82) is 5.26 Å². The summed E-state index contributed by atoms with van der Waals surface area (Å²) in [7, 11) is -4.05. The van der Waals surface area contributed by atoms with E-state index in [2.05, 4.69) is 0 Å². The van der Waals surface area contributed by atoms with Crippen molar-refractivity contribution < 1.29 is 31.1 Å². The first-order valence-electron chi connectivity index (χ1n) is 9.31. The van der Waals surface area contributed by atoms with E-state index >= 15 is 0 Å². The molecule has 0 radical (unpaired) electrons. The van der Waals surface area contributed by atoms with Gasteiger partial charge in [0.15, 0.2) is 6.73 Å². The number of benzene rings is 2. The normalized spacial score (nSPS) is 11.8. The maximum atomic E-state index is 13.8. The van der Waals surface area contributed by atoms with Gasteiger partial charge in [-0.25, -0.2) is 8.42 Å². The summed E-state index contributed by atoms with van der Waals surface area (Å²) in [5, 5.41) is 8.90. The van der Waals surface area contributed by atoms with Gasteiger partial charge in [-0.15, -0.1) is 0 Å². The SMILES string of the molecule is N#Cc1c(Cl)c(C(F)(F)F)n(COC(=O)CNS(=O)(=O)c2ccccc2)c1-c1ccc(Cl)cc1. The van der Waals surface area contributed by atoms with E-state index in [1.54, 1.807) is 12.1 Å². The van der Waals surface area contributed by atoms with Crippen molar-refractivity contribution in [3.05, 3.63) is 75.9 Å². The van der Waals surface area contributed by atoms with Crippen molar-refractivity contribution in [2.45, 2.75) is 17.8 Å². The van der Waals surface area contributed by atoms with Crippen molar-refractivity contribution in [2.24, 2.45) is 0 Å². The number of esters is 1. The minimum absolute atomic E-state index is 0.108. The maximum absolute atomic E-state index is 13.8. The molecule has 0 amide bonds. The molecule has 3 rings (SSSR count). The van der Waals surface area contributed by atoms with Gasteiger partial charge in [0.1, 0.15) is 18.3 Å². The van der Waals surface area contributed by atoms with E-state index in [1.807, 2.05) is 4.72 Å². The van der Waals surface area contributed by atoms with Crippen LogP contribution in [0.25, 0.3) is 11.3 Å². The van der Waals surface area contributed by atoms with Gasteiger partial charge in [0, 0.05) is 5.02 Å². The third-order valence-electron chi connectivity index (χ3n) is 4.52. The summed E-state index contributed by atoms with van der Waals surface area (Å²) < 4.78 is 73.2. The number of hydrogen-bond donors (Lipinski definition) is 1. The number of nitrogens with zero attached hydrogens (tertiary/aromatic N) is 2. The molecular weight excluding hydrogens is 518 g/mol. The minimum Gasteiger partial charge on any atom is -0.443 e. The molecule has 0 aliphatic rings. The molecule has 0 atom stereocenters. The van der Waals surface area contributed by atoms with E-state index < -0.39 is 51.7 Å². The van der Waals surface area contributed by atoms with Crippen molar-refractivity contribution in [3.63, 3.8) is 0 Å². The number of ether oxygens (including phenoxy) is 1. The van der Waals surface area contributed by atoms with E-state index in [1.165, 1.54) is 48.5 Å². The van der Waals surface area contributed by atoms with Crippen molar-refractivity contribution in [2.75, 3.05) is 6.54 Å². The van der Waals surface area contributed by atoms with Crippen LogP contribution in [0.3, 0.4) is 0 Å². The molecule has 1 aromatic heterocycles. The van der Waals surface area contributed by atoms with Gasteiger partial charge in [-0.05, 0) is 29.8 Å². The summed E-state index contributed by atoms with van der Waals surface area (Å²) in [5.41, 5.74) is -1.95. The molecule has 1 N–H and O–H groups in total. The number of nitrogens with one attached hydrogen (secondary N) is 1. The van der Waals surface area contributed by atoms with Gasteiger partial charge >= 0.3 is 12.1 Å². The highest BCUT2D eigenvalue weighted by Gasteiger charge is 2.41. The van der Waals surface area contributed by atoms with Crippen molar-refractivity contribution in [1.82, 2.24) is 9.29 Å². The van der Waals surface area contributed by atoms with Gasteiger partial charge in [0.25, 0.3) is 0 Å². The molecule has 0 saturated carbocycles. The van der Waals surface area contributed by atoms with Crippen LogP contribution in [-0.2, 0) is 32.5 Å². The Morgan fingerprint density at radius 3 is 2.26 bits per heavy atom. The van der Waals surface area contributed by atoms with Gasteiger partial charge in [0.2, 0.25) is 10.0 Å². The van der Waals surface area contributed by atoms with E-state index in [4.69, 9.17) is 27.9 Å². The third kappa shape index (κ3) is 5.53. The maximum Gasteiger partial charge on any atom is 0.433 e. The van der Waals surface area contributed by atoms with Gasteiger partial charge in [0.05, 0.1) is 21.2 Å². The molecule has 178 valence electrons. The molecule has 0 spiro atoms. The lowest BCUT2D eigenvalue weighted by Gasteiger charge is -2.16. The summed E-state index contributed by atoms with van der Waals surface area (Å²) in [4.78, 5) is 12.0. The number of carbonyl (C=O) groups is 1. The summed E-state index contributed by atoms with van der Waals surface area (Å²) in [5.74, 6) is -1.15. The summed E-state index contributed by atoms with van der Waals surface area (Å²) >= 11 is 11.7. The molecule has 13 heteroatoms. The third-order valence-corrected chi connectivity index (χ3v) is 6.55. The molecule has 3 aromatic rings. The quantitative estimate of drug-likeness (QED) is 0.440. The van der Waals surface area contributed by atoms with Crippen LogP contribution in [0, 0.1) is 11.3 Å². The fourth-order valence-electron chi connectivity index (χ4n) is 3.03. The highest BCUT2D eigenvalue weighted by atomic mass is 35.5. The monoisotopic (exact) mass is 531 g/mol. The van der Waals surface area contributed by atoms with Gasteiger partial charge in [-0.3, -0.25) is 4.79 Å². The molecule has 34 heavy (non-hydrogen) atoms. The Balaban J connectivity index is 1.89. The van der Waals surface area contributed by atoms with Crippen LogP contribution >= 0.6 is 23.2 Å². The van der Waals surface area contributed by atoms with Crippen LogP contribution in [0.5, 0.6) is 0 Å². The number of sulfonamides is 1. The number of alkyl halides is 3. The first kappa shape index (κ1) is 25.6.